The summed E-state index contributed by atoms with van der Waals surface area (Å²) in [5, 5.41) is 10.6. The predicted octanol–water partition coefficient (Wildman–Crippen LogP) is 2.36. The molecule has 0 aliphatic rings. The van der Waals surface area contributed by atoms with E-state index in [2.05, 4.69) is 0 Å². The smallest absolute Gasteiger partial charge is 0.280 e. The van der Waals surface area contributed by atoms with Crippen molar-refractivity contribution < 1.29 is 9.72 Å². The van der Waals surface area contributed by atoms with Crippen LogP contribution in [-0.2, 0) is 6.42 Å². The highest BCUT2D eigenvalue weighted by molar-refractivity contribution is 5.98. The third kappa shape index (κ3) is 1.96. The summed E-state index contributed by atoms with van der Waals surface area (Å²) < 4.78 is 0. The average Bonchev–Trinajstić information content (AvgIpc) is 2.16. The maximum absolute atomic E-state index is 11.1. The van der Waals surface area contributed by atoms with Crippen LogP contribution in [0.1, 0.15) is 29.8 Å². The highest BCUT2D eigenvalue weighted by Crippen LogP contribution is 2.20. The second-order valence-corrected chi connectivity index (χ2v) is 3.02. The topological polar surface area (TPSA) is 60.2 Å². The van der Waals surface area contributed by atoms with Crippen LogP contribution >= 0.6 is 0 Å². The van der Waals surface area contributed by atoms with Crippen molar-refractivity contribution in [3.8, 4) is 0 Å². The van der Waals surface area contributed by atoms with Crippen molar-refractivity contribution in [2.75, 3.05) is 0 Å². The molecule has 0 bridgehead atoms. The van der Waals surface area contributed by atoms with Gasteiger partial charge in [-0.1, -0.05) is 13.0 Å². The molecule has 0 amide bonds. The van der Waals surface area contributed by atoms with Crippen LogP contribution in [0.15, 0.2) is 18.2 Å². The van der Waals surface area contributed by atoms with Crippen molar-refractivity contribution in [2.24, 2.45) is 0 Å². The van der Waals surface area contributed by atoms with Gasteiger partial charge in [0.2, 0.25) is 0 Å². The van der Waals surface area contributed by atoms with Gasteiger partial charge in [-0.15, -0.1) is 0 Å². The van der Waals surface area contributed by atoms with Gasteiger partial charge in [0.1, 0.15) is 0 Å². The minimum atomic E-state index is -0.532. The zero-order chi connectivity index (χ0) is 10.7. The number of ketones is 1. The third-order valence-electron chi connectivity index (χ3n) is 2.05. The molecule has 0 fully saturated rings. The van der Waals surface area contributed by atoms with E-state index >= 15 is 0 Å². The highest BCUT2D eigenvalue weighted by Gasteiger charge is 2.16. The third-order valence-corrected chi connectivity index (χ3v) is 2.05. The molecule has 1 rings (SSSR count). The normalized spacial score (nSPS) is 9.86. The Kier molecular flexibility index (Phi) is 2.96. The van der Waals surface area contributed by atoms with Gasteiger partial charge in [0, 0.05) is 6.07 Å². The monoisotopic (exact) mass is 193 g/mol. The Balaban J connectivity index is 3.31. The largest absolute Gasteiger partial charge is 0.294 e. The number of aryl methyl sites for hydroxylation is 1. The van der Waals surface area contributed by atoms with Gasteiger partial charge < -0.3 is 0 Å². The van der Waals surface area contributed by atoms with E-state index in [-0.39, 0.29) is 17.0 Å². The maximum atomic E-state index is 11.1. The summed E-state index contributed by atoms with van der Waals surface area (Å²) in [4.78, 5) is 21.2. The summed E-state index contributed by atoms with van der Waals surface area (Å²) in [5.41, 5.74) is 1.00. The van der Waals surface area contributed by atoms with Crippen LogP contribution in [0.5, 0.6) is 0 Å². The van der Waals surface area contributed by atoms with Crippen molar-refractivity contribution in [3.63, 3.8) is 0 Å². The lowest BCUT2D eigenvalue weighted by atomic mass is 10.0. The van der Waals surface area contributed by atoms with Crippen molar-refractivity contribution in [1.82, 2.24) is 0 Å². The number of rotatable bonds is 3. The lowest BCUT2D eigenvalue weighted by Gasteiger charge is -2.01. The quantitative estimate of drug-likeness (QED) is 0.420. The van der Waals surface area contributed by atoms with Gasteiger partial charge >= 0.3 is 0 Å². The Hall–Kier alpha value is -1.71. The van der Waals surface area contributed by atoms with Gasteiger partial charge in [-0.25, -0.2) is 0 Å². The fourth-order valence-corrected chi connectivity index (χ4v) is 1.24. The Morgan fingerprint density at radius 2 is 2.14 bits per heavy atom. The summed E-state index contributed by atoms with van der Waals surface area (Å²) in [5.74, 6) is -0.271. The molecule has 0 radical (unpaired) electrons. The molecule has 0 saturated heterocycles. The summed E-state index contributed by atoms with van der Waals surface area (Å²) in [6.45, 7) is 3.27. The molecule has 1 aromatic carbocycles. The molecule has 0 heterocycles. The van der Waals surface area contributed by atoms with Gasteiger partial charge in [0.05, 0.1) is 10.5 Å². The molecule has 0 aliphatic heterocycles. The number of hydrogen-bond donors (Lipinski definition) is 0. The molecule has 1 aromatic rings. The Labute approximate surface area is 81.7 Å². The number of nitro benzene ring substituents is 1. The van der Waals surface area contributed by atoms with Crippen LogP contribution in [0.3, 0.4) is 0 Å². The molecule has 14 heavy (non-hydrogen) atoms. The van der Waals surface area contributed by atoms with Crippen LogP contribution in [-0.4, -0.2) is 10.7 Å². The molecule has 4 heteroatoms. The molecular weight excluding hydrogens is 182 g/mol. The molecule has 0 unspecified atom stereocenters. The first-order valence-corrected chi connectivity index (χ1v) is 4.34. The molecule has 4 nitrogen and oxygen atoms in total. The van der Waals surface area contributed by atoms with E-state index in [1.54, 1.807) is 12.1 Å². The van der Waals surface area contributed by atoms with Crippen molar-refractivity contribution in [2.45, 2.75) is 20.3 Å². The second-order valence-electron chi connectivity index (χ2n) is 3.02. The number of benzene rings is 1. The highest BCUT2D eigenvalue weighted by atomic mass is 16.6. The van der Waals surface area contributed by atoms with E-state index in [1.165, 1.54) is 13.0 Å². The lowest BCUT2D eigenvalue weighted by molar-refractivity contribution is -0.385. The fraction of sp³-hybridized carbons (Fsp3) is 0.300. The maximum Gasteiger partial charge on any atom is 0.280 e. The number of carbonyl (C=O) groups is 1. The van der Waals surface area contributed by atoms with E-state index in [1.807, 2.05) is 6.92 Å². The molecular formula is C10H11NO3. The lowest BCUT2D eigenvalue weighted by Crippen LogP contribution is -2.01. The first kappa shape index (κ1) is 10.4. The Morgan fingerprint density at radius 3 is 2.57 bits per heavy atom. The van der Waals surface area contributed by atoms with Crippen LogP contribution in [0.4, 0.5) is 5.69 Å². The molecule has 0 spiro atoms. The Bertz CT molecular complexity index is 385. The summed E-state index contributed by atoms with van der Waals surface area (Å²) in [7, 11) is 0. The summed E-state index contributed by atoms with van der Waals surface area (Å²) in [6, 6.07) is 4.64. The Morgan fingerprint density at radius 1 is 1.50 bits per heavy atom. The van der Waals surface area contributed by atoms with Crippen molar-refractivity contribution in [1.29, 1.82) is 0 Å². The zero-order valence-corrected chi connectivity index (χ0v) is 8.11. The standard InChI is InChI=1S/C10H11NO3/c1-3-8-4-5-10(11(13)14)9(6-8)7(2)12/h4-6H,3H2,1-2H3. The number of carbonyl (C=O) groups excluding carboxylic acids is 1. The predicted molar refractivity (Wildman–Crippen MR) is 52.5 cm³/mol. The summed E-state index contributed by atoms with van der Waals surface area (Å²) in [6.07, 6.45) is 0.762. The number of nitro groups is 1. The van der Waals surface area contributed by atoms with Crippen LogP contribution in [0.25, 0.3) is 0 Å². The van der Waals surface area contributed by atoms with E-state index in [0.717, 1.165) is 12.0 Å². The minimum absolute atomic E-state index is 0.116. The van der Waals surface area contributed by atoms with Gasteiger partial charge in [0.25, 0.3) is 5.69 Å². The molecule has 0 N–H and O–H groups in total. The summed E-state index contributed by atoms with van der Waals surface area (Å²) >= 11 is 0. The van der Waals surface area contributed by atoms with Crippen LogP contribution in [0.2, 0.25) is 0 Å². The first-order chi connectivity index (χ1) is 6.56. The zero-order valence-electron chi connectivity index (χ0n) is 8.11. The molecule has 74 valence electrons. The van der Waals surface area contributed by atoms with Crippen molar-refractivity contribution in [3.05, 3.63) is 39.4 Å². The van der Waals surface area contributed by atoms with E-state index in [0.29, 0.717) is 0 Å². The molecule has 0 aliphatic carbocycles. The van der Waals surface area contributed by atoms with Gasteiger partial charge in [-0.05, 0) is 25.0 Å². The SMILES string of the molecule is CCc1ccc([N+](=O)[O-])c(C(C)=O)c1. The second kappa shape index (κ2) is 4.00. The van der Waals surface area contributed by atoms with Crippen LogP contribution in [0, 0.1) is 10.1 Å². The molecule has 0 atom stereocenters. The molecule has 0 saturated carbocycles. The van der Waals surface area contributed by atoms with Gasteiger partial charge in [-0.3, -0.25) is 14.9 Å². The van der Waals surface area contributed by atoms with Gasteiger partial charge in [0.15, 0.2) is 5.78 Å². The molecule has 0 aromatic heterocycles. The van der Waals surface area contributed by atoms with E-state index in [4.69, 9.17) is 0 Å². The number of hydrogen-bond acceptors (Lipinski definition) is 3. The number of Topliss-reactive ketones (excluding diaryl/α,β-unsaturated/α-hetero) is 1. The van der Waals surface area contributed by atoms with E-state index in [9.17, 15) is 14.9 Å². The average molecular weight is 193 g/mol. The first-order valence-electron chi connectivity index (χ1n) is 4.34. The number of nitrogens with zero attached hydrogens (tertiary/aromatic N) is 1. The minimum Gasteiger partial charge on any atom is -0.294 e. The van der Waals surface area contributed by atoms with Gasteiger partial charge in [-0.2, -0.15) is 0 Å². The van der Waals surface area contributed by atoms with Crippen LogP contribution < -0.4 is 0 Å². The van der Waals surface area contributed by atoms with Crippen molar-refractivity contribution >= 4 is 11.5 Å². The van der Waals surface area contributed by atoms with E-state index < -0.39 is 4.92 Å². The fourth-order valence-electron chi connectivity index (χ4n) is 1.24.